The summed E-state index contributed by atoms with van der Waals surface area (Å²) >= 11 is 0. The molecule has 202 valence electrons. The van der Waals surface area contributed by atoms with Crippen molar-refractivity contribution in [3.05, 3.63) is 67.8 Å². The highest BCUT2D eigenvalue weighted by Crippen LogP contribution is 2.15. The van der Waals surface area contributed by atoms with Crippen molar-refractivity contribution in [3.8, 4) is 0 Å². The normalized spacial score (nSPS) is 10.8. The van der Waals surface area contributed by atoms with E-state index in [0.29, 0.717) is 0 Å². The minimum atomic E-state index is -1.11. The Morgan fingerprint density at radius 3 is 1.92 bits per heavy atom. The molecular formula is C21H22O16. The van der Waals surface area contributed by atoms with Crippen molar-refractivity contribution in [3.63, 3.8) is 0 Å². The fourth-order valence-corrected chi connectivity index (χ4v) is 2.18. The molecule has 0 saturated heterocycles. The Morgan fingerprint density at radius 1 is 0.811 bits per heavy atom. The molecule has 0 amide bonds. The summed E-state index contributed by atoms with van der Waals surface area (Å²) in [6.45, 7) is 0.713. The number of rotatable bonds is 10. The highest BCUT2D eigenvalue weighted by molar-refractivity contribution is 5.93. The minimum Gasteiger partial charge on any atom is -0.435 e. The van der Waals surface area contributed by atoms with Crippen LogP contribution in [0.1, 0.15) is 63.4 Å². The summed E-state index contributed by atoms with van der Waals surface area (Å²) in [6.07, 6.45) is -0.670. The zero-order valence-electron chi connectivity index (χ0n) is 19.4. The number of carbonyl (C=O) groups excluding carboxylic acids is 4. The van der Waals surface area contributed by atoms with Crippen LogP contribution in [0.4, 0.5) is 0 Å². The van der Waals surface area contributed by atoms with Crippen LogP contribution in [0.2, 0.25) is 0 Å². The van der Waals surface area contributed by atoms with Gasteiger partial charge < -0.3 is 38.0 Å². The van der Waals surface area contributed by atoms with E-state index in [2.05, 4.69) is 32.7 Å². The lowest BCUT2D eigenvalue weighted by Crippen LogP contribution is -2.15. The first-order valence-corrected chi connectivity index (χ1v) is 10.0. The molecule has 0 radical (unpaired) electrons. The van der Waals surface area contributed by atoms with Crippen LogP contribution in [0.15, 0.2) is 42.7 Å². The molecule has 2 aromatic heterocycles. The number of aliphatic hydroxyl groups excluding tert-OH is 2. The van der Waals surface area contributed by atoms with Gasteiger partial charge in [0.1, 0.15) is 6.10 Å². The molecule has 1 atom stereocenters. The predicted octanol–water partition coefficient (Wildman–Crippen LogP) is 0.111. The van der Waals surface area contributed by atoms with Gasteiger partial charge in [0, 0.05) is 24.6 Å². The van der Waals surface area contributed by atoms with Crippen LogP contribution in [0.5, 0.6) is 0 Å². The van der Waals surface area contributed by atoms with Gasteiger partial charge in [0.15, 0.2) is 13.6 Å². The third-order valence-electron chi connectivity index (χ3n) is 3.92. The Hall–Kier alpha value is -4.38. The van der Waals surface area contributed by atoms with Gasteiger partial charge in [0.2, 0.25) is 18.3 Å². The number of hydrogen-bond donors (Lipinski definition) is 3. The first-order valence-electron chi connectivity index (χ1n) is 10.0. The fourth-order valence-electron chi connectivity index (χ4n) is 2.18. The van der Waals surface area contributed by atoms with E-state index in [-0.39, 0.29) is 23.3 Å². The monoisotopic (exact) mass is 530 g/mol. The van der Waals surface area contributed by atoms with Gasteiger partial charge in [-0.2, -0.15) is 0 Å². The van der Waals surface area contributed by atoms with Crippen molar-refractivity contribution < 1.29 is 67.3 Å². The molecule has 2 heterocycles. The van der Waals surface area contributed by atoms with Gasteiger partial charge in [-0.05, 0) is 18.6 Å². The van der Waals surface area contributed by atoms with Gasteiger partial charge in [-0.3, -0.25) is 10.1 Å². The number of ether oxygens (including phenoxy) is 4. The van der Waals surface area contributed by atoms with Crippen LogP contribution < -0.4 is 11.3 Å². The Morgan fingerprint density at radius 2 is 1.35 bits per heavy atom. The van der Waals surface area contributed by atoms with Gasteiger partial charge in [-0.15, -0.1) is 0 Å². The van der Waals surface area contributed by atoms with Gasteiger partial charge in [-0.1, -0.05) is 6.92 Å². The van der Waals surface area contributed by atoms with Crippen LogP contribution in [0.25, 0.3) is 0 Å². The van der Waals surface area contributed by atoms with Crippen LogP contribution >= 0.6 is 0 Å². The number of hydrogen-bond acceptors (Lipinski definition) is 16. The maximum atomic E-state index is 11.6. The first kappa shape index (κ1) is 30.7. The van der Waals surface area contributed by atoms with Crippen molar-refractivity contribution in [1.29, 1.82) is 0 Å². The molecule has 2 rings (SSSR count). The van der Waals surface area contributed by atoms with E-state index in [0.717, 1.165) is 18.2 Å². The van der Waals surface area contributed by atoms with E-state index >= 15 is 0 Å². The molecule has 0 spiro atoms. The molecule has 0 fully saturated rings. The Labute approximate surface area is 206 Å². The molecule has 0 aliphatic carbocycles. The molecule has 2 aromatic rings. The lowest BCUT2D eigenvalue weighted by atomic mass is 10.1. The lowest BCUT2D eigenvalue weighted by Gasteiger charge is -2.08. The summed E-state index contributed by atoms with van der Waals surface area (Å²) in [6, 6.07) is 3.94. The number of carbonyl (C=O) groups is 4. The third-order valence-corrected chi connectivity index (χ3v) is 3.92. The van der Waals surface area contributed by atoms with E-state index in [1.807, 2.05) is 0 Å². The molecule has 0 aliphatic heterocycles. The van der Waals surface area contributed by atoms with E-state index in [1.165, 1.54) is 13.0 Å². The van der Waals surface area contributed by atoms with Gasteiger partial charge in [0.05, 0.1) is 5.56 Å². The summed E-state index contributed by atoms with van der Waals surface area (Å²) in [7, 11) is 0. The Bertz CT molecular complexity index is 1150. The minimum absolute atomic E-state index is 0.146. The molecule has 0 aromatic carbocycles. The second-order valence-corrected chi connectivity index (χ2v) is 6.39. The van der Waals surface area contributed by atoms with Crippen molar-refractivity contribution in [1.82, 2.24) is 0 Å². The average molecular weight is 530 g/mol. The second-order valence-electron chi connectivity index (χ2n) is 6.39. The van der Waals surface area contributed by atoms with E-state index < -0.39 is 67.4 Å². The van der Waals surface area contributed by atoms with Gasteiger partial charge in [0.25, 0.3) is 0 Å². The first-order chi connectivity index (χ1) is 17.6. The Balaban J connectivity index is 0.000000375. The number of esters is 4. The average Bonchev–Trinajstić information content (AvgIpc) is 2.87. The van der Waals surface area contributed by atoms with Gasteiger partial charge in [-0.25, -0.2) is 28.9 Å². The molecule has 37 heavy (non-hydrogen) atoms. The summed E-state index contributed by atoms with van der Waals surface area (Å²) in [5, 5.41) is 25.2. The molecule has 0 aliphatic rings. The fraction of sp³-hybridized carbons (Fsp3) is 0.333. The van der Waals surface area contributed by atoms with E-state index in [1.54, 1.807) is 6.92 Å². The van der Waals surface area contributed by atoms with Crippen LogP contribution in [-0.2, 0) is 28.6 Å². The molecule has 0 bridgehead atoms. The molecule has 16 nitrogen and oxygen atoms in total. The maximum absolute atomic E-state index is 11.6. The highest BCUT2D eigenvalue weighted by atomic mass is 17.1. The maximum Gasteiger partial charge on any atom is 0.377 e. The molecular weight excluding hydrogens is 508 g/mol. The summed E-state index contributed by atoms with van der Waals surface area (Å²) in [5.41, 5.74) is -1.81. The summed E-state index contributed by atoms with van der Waals surface area (Å²) in [4.78, 5) is 71.0. The van der Waals surface area contributed by atoms with Crippen molar-refractivity contribution in [2.75, 3.05) is 20.4 Å². The molecule has 1 unspecified atom stereocenters. The molecule has 0 saturated carbocycles. The van der Waals surface area contributed by atoms with Crippen LogP contribution in [-0.4, -0.2) is 59.7 Å². The SMILES string of the molecule is CCC(=O)OCOC(=O)c1cc(C(C)OO)cc(=O)o1.O=C(OCO)c1cc(C(=O)OCO)oc(=O)c1. The standard InChI is InChI=1S/C12H14O8.C9H8O8/c1-3-10(13)17-6-18-12(15)9-4-8(7(2)20-16)5-11(14)19-9;10-3-15-8(13)5-1-6(9(14)16-4-11)17-7(12)2-5/h4-5,7,16H,3,6H2,1-2H3;1-2,10-11H,3-4H2. The van der Waals surface area contributed by atoms with E-state index in [9.17, 15) is 28.8 Å². The van der Waals surface area contributed by atoms with Gasteiger partial charge >= 0.3 is 35.1 Å². The van der Waals surface area contributed by atoms with Crippen molar-refractivity contribution in [2.45, 2.75) is 26.4 Å². The smallest absolute Gasteiger partial charge is 0.377 e. The summed E-state index contributed by atoms with van der Waals surface area (Å²) < 4.78 is 26.6. The van der Waals surface area contributed by atoms with E-state index in [4.69, 9.17) is 15.5 Å². The quantitative estimate of drug-likeness (QED) is 0.121. The third kappa shape index (κ3) is 10.4. The highest BCUT2D eigenvalue weighted by Gasteiger charge is 2.17. The van der Waals surface area contributed by atoms with Crippen molar-refractivity contribution >= 4 is 23.9 Å². The Kier molecular flexibility index (Phi) is 12.9. The lowest BCUT2D eigenvalue weighted by molar-refractivity contribution is -0.277. The van der Waals surface area contributed by atoms with Crippen LogP contribution in [0.3, 0.4) is 0 Å². The number of aliphatic hydroxyl groups is 2. The predicted molar refractivity (Wildman–Crippen MR) is 114 cm³/mol. The largest absolute Gasteiger partial charge is 0.435 e. The zero-order valence-corrected chi connectivity index (χ0v) is 19.4. The zero-order chi connectivity index (χ0) is 28.0. The van der Waals surface area contributed by atoms with Crippen LogP contribution in [0, 0.1) is 0 Å². The molecule has 16 heteroatoms. The summed E-state index contributed by atoms with van der Waals surface area (Å²) in [5.74, 6) is -4.56. The molecule has 3 N–H and O–H groups in total. The van der Waals surface area contributed by atoms with Crippen molar-refractivity contribution in [2.24, 2.45) is 0 Å². The second kappa shape index (κ2) is 15.6. The topological polar surface area (TPSA) is 236 Å².